The second-order valence-corrected chi connectivity index (χ2v) is 2.22. The zero-order valence-corrected chi connectivity index (χ0v) is 6.53. The summed E-state index contributed by atoms with van der Waals surface area (Å²) in [4.78, 5) is 14.4. The Balaban J connectivity index is 2.88. The van der Waals surface area contributed by atoms with Gasteiger partial charge in [0, 0.05) is 13.1 Å². The molecule has 0 radical (unpaired) electrons. The highest BCUT2D eigenvalue weighted by Gasteiger charge is 1.96. The van der Waals surface area contributed by atoms with Crippen LogP contribution in [0.3, 0.4) is 0 Å². The van der Waals surface area contributed by atoms with E-state index in [2.05, 4.69) is 10.3 Å². The standard InChI is InChI=1S/C8H7N3O/c1-6(12)11-8-4-7(5-9)2-3-10-8/h2-4H,1H3,(H,10,11,12). The van der Waals surface area contributed by atoms with Gasteiger partial charge in [0.25, 0.3) is 0 Å². The highest BCUT2D eigenvalue weighted by atomic mass is 16.1. The van der Waals surface area contributed by atoms with E-state index in [9.17, 15) is 4.79 Å². The summed E-state index contributed by atoms with van der Waals surface area (Å²) in [5.41, 5.74) is 0.480. The largest absolute Gasteiger partial charge is 0.311 e. The number of nitrogens with zero attached hydrogens (tertiary/aromatic N) is 2. The highest BCUT2D eigenvalue weighted by molar-refractivity contribution is 5.87. The Morgan fingerprint density at radius 2 is 2.50 bits per heavy atom. The normalized spacial score (nSPS) is 8.67. The number of aromatic nitrogens is 1. The molecule has 4 heteroatoms. The van der Waals surface area contributed by atoms with Gasteiger partial charge in [0.15, 0.2) is 0 Å². The summed E-state index contributed by atoms with van der Waals surface area (Å²) in [5, 5.41) is 11.0. The molecular weight excluding hydrogens is 154 g/mol. The van der Waals surface area contributed by atoms with E-state index < -0.39 is 0 Å². The van der Waals surface area contributed by atoms with Crippen LogP contribution in [0.2, 0.25) is 0 Å². The Kier molecular flexibility index (Phi) is 2.38. The lowest BCUT2D eigenvalue weighted by Crippen LogP contribution is -2.07. The first-order chi connectivity index (χ1) is 5.72. The monoisotopic (exact) mass is 161 g/mol. The summed E-state index contributed by atoms with van der Waals surface area (Å²) in [6.45, 7) is 1.39. The van der Waals surface area contributed by atoms with Gasteiger partial charge < -0.3 is 5.32 Å². The minimum Gasteiger partial charge on any atom is -0.311 e. The molecule has 0 unspecified atom stereocenters. The van der Waals surface area contributed by atoms with Crippen LogP contribution in [0.4, 0.5) is 5.82 Å². The third-order valence-electron chi connectivity index (χ3n) is 1.19. The van der Waals surface area contributed by atoms with E-state index >= 15 is 0 Å². The topological polar surface area (TPSA) is 65.8 Å². The fraction of sp³-hybridized carbons (Fsp3) is 0.125. The molecule has 0 fully saturated rings. The molecule has 1 heterocycles. The van der Waals surface area contributed by atoms with Crippen LogP contribution < -0.4 is 5.32 Å². The van der Waals surface area contributed by atoms with Gasteiger partial charge in [-0.25, -0.2) is 4.98 Å². The van der Waals surface area contributed by atoms with Crippen molar-refractivity contribution in [1.29, 1.82) is 5.26 Å². The lowest BCUT2D eigenvalue weighted by Gasteiger charge is -1.98. The van der Waals surface area contributed by atoms with Crippen LogP contribution in [0, 0.1) is 11.3 Å². The molecule has 0 bridgehead atoms. The number of carbonyl (C=O) groups is 1. The van der Waals surface area contributed by atoms with Crippen LogP contribution in [0.1, 0.15) is 12.5 Å². The molecule has 0 aliphatic rings. The van der Waals surface area contributed by atoms with Gasteiger partial charge in [0.05, 0.1) is 11.6 Å². The van der Waals surface area contributed by atoms with Crippen molar-refractivity contribution in [1.82, 2.24) is 4.98 Å². The van der Waals surface area contributed by atoms with Gasteiger partial charge in [-0.1, -0.05) is 0 Å². The van der Waals surface area contributed by atoms with Crippen LogP contribution in [-0.4, -0.2) is 10.9 Å². The molecule has 60 valence electrons. The van der Waals surface area contributed by atoms with E-state index in [0.29, 0.717) is 11.4 Å². The Morgan fingerprint density at radius 1 is 1.75 bits per heavy atom. The van der Waals surface area contributed by atoms with Crippen molar-refractivity contribution in [2.45, 2.75) is 6.92 Å². The molecule has 1 aromatic heterocycles. The first-order valence-electron chi connectivity index (χ1n) is 3.36. The molecule has 1 aromatic rings. The summed E-state index contributed by atoms with van der Waals surface area (Å²) in [7, 11) is 0. The molecule has 0 spiro atoms. The average molecular weight is 161 g/mol. The fourth-order valence-corrected chi connectivity index (χ4v) is 0.749. The molecular formula is C8H7N3O. The first kappa shape index (κ1) is 8.21. The van der Waals surface area contributed by atoms with E-state index in [1.807, 2.05) is 6.07 Å². The van der Waals surface area contributed by atoms with Gasteiger partial charge in [0.2, 0.25) is 5.91 Å². The van der Waals surface area contributed by atoms with E-state index in [1.54, 1.807) is 6.07 Å². The minimum atomic E-state index is -0.197. The Bertz CT molecular complexity index is 340. The maximum atomic E-state index is 10.6. The van der Waals surface area contributed by atoms with Gasteiger partial charge in [-0.15, -0.1) is 0 Å². The van der Waals surface area contributed by atoms with Gasteiger partial charge in [-0.2, -0.15) is 5.26 Å². The number of hydrogen-bond acceptors (Lipinski definition) is 3. The van der Waals surface area contributed by atoms with Crippen molar-refractivity contribution in [2.75, 3.05) is 5.32 Å². The molecule has 0 atom stereocenters. The summed E-state index contributed by atoms with van der Waals surface area (Å²) in [6, 6.07) is 5.04. The van der Waals surface area contributed by atoms with Gasteiger partial charge >= 0.3 is 0 Å². The molecule has 1 amide bonds. The predicted molar refractivity (Wildman–Crippen MR) is 43.3 cm³/mol. The van der Waals surface area contributed by atoms with Crippen LogP contribution in [0.5, 0.6) is 0 Å². The fourth-order valence-electron chi connectivity index (χ4n) is 0.749. The zero-order valence-electron chi connectivity index (χ0n) is 6.53. The Labute approximate surface area is 69.8 Å². The summed E-state index contributed by atoms with van der Waals surface area (Å²) >= 11 is 0. The van der Waals surface area contributed by atoms with E-state index in [-0.39, 0.29) is 5.91 Å². The van der Waals surface area contributed by atoms with Crippen molar-refractivity contribution >= 4 is 11.7 Å². The average Bonchev–Trinajstić information content (AvgIpc) is 2.03. The lowest BCUT2D eigenvalue weighted by atomic mass is 10.3. The second-order valence-electron chi connectivity index (χ2n) is 2.22. The molecule has 0 aliphatic heterocycles. The number of hydrogen-bond donors (Lipinski definition) is 1. The Hall–Kier alpha value is -1.89. The number of carbonyl (C=O) groups excluding carboxylic acids is 1. The van der Waals surface area contributed by atoms with E-state index in [4.69, 9.17) is 5.26 Å². The number of rotatable bonds is 1. The molecule has 0 saturated heterocycles. The quantitative estimate of drug-likeness (QED) is 0.665. The molecule has 0 aliphatic carbocycles. The Morgan fingerprint density at radius 3 is 3.08 bits per heavy atom. The van der Waals surface area contributed by atoms with Crippen LogP contribution >= 0.6 is 0 Å². The van der Waals surface area contributed by atoms with Crippen molar-refractivity contribution in [3.05, 3.63) is 23.9 Å². The van der Waals surface area contributed by atoms with Crippen LogP contribution in [0.25, 0.3) is 0 Å². The van der Waals surface area contributed by atoms with Gasteiger partial charge in [-0.05, 0) is 12.1 Å². The van der Waals surface area contributed by atoms with Gasteiger partial charge in [-0.3, -0.25) is 4.79 Å². The summed E-state index contributed by atoms with van der Waals surface area (Å²) in [5.74, 6) is 0.208. The summed E-state index contributed by atoms with van der Waals surface area (Å²) in [6.07, 6.45) is 1.48. The third kappa shape index (κ3) is 2.06. The third-order valence-corrected chi connectivity index (χ3v) is 1.19. The number of amides is 1. The number of nitriles is 1. The molecule has 1 rings (SSSR count). The number of nitrogens with one attached hydrogen (secondary N) is 1. The van der Waals surface area contributed by atoms with E-state index in [0.717, 1.165) is 0 Å². The maximum absolute atomic E-state index is 10.6. The zero-order chi connectivity index (χ0) is 8.97. The molecule has 12 heavy (non-hydrogen) atoms. The maximum Gasteiger partial charge on any atom is 0.222 e. The van der Waals surface area contributed by atoms with Crippen molar-refractivity contribution in [3.8, 4) is 6.07 Å². The van der Waals surface area contributed by atoms with Crippen molar-refractivity contribution in [3.63, 3.8) is 0 Å². The summed E-state index contributed by atoms with van der Waals surface area (Å²) < 4.78 is 0. The van der Waals surface area contributed by atoms with Gasteiger partial charge in [0.1, 0.15) is 5.82 Å². The molecule has 0 saturated carbocycles. The van der Waals surface area contributed by atoms with E-state index in [1.165, 1.54) is 19.2 Å². The first-order valence-corrected chi connectivity index (χ1v) is 3.36. The van der Waals surface area contributed by atoms with Crippen LogP contribution in [0.15, 0.2) is 18.3 Å². The lowest BCUT2D eigenvalue weighted by molar-refractivity contribution is -0.114. The smallest absolute Gasteiger partial charge is 0.222 e. The minimum absolute atomic E-state index is 0.197. The van der Waals surface area contributed by atoms with Crippen molar-refractivity contribution < 1.29 is 4.79 Å². The molecule has 4 nitrogen and oxygen atoms in total. The molecule has 1 N–H and O–H groups in total. The highest BCUT2D eigenvalue weighted by Crippen LogP contribution is 2.04. The van der Waals surface area contributed by atoms with Crippen LogP contribution in [-0.2, 0) is 4.79 Å². The number of pyridine rings is 1. The second kappa shape index (κ2) is 3.49. The molecule has 0 aromatic carbocycles. The number of anilines is 1. The van der Waals surface area contributed by atoms with Crippen molar-refractivity contribution in [2.24, 2.45) is 0 Å². The predicted octanol–water partition coefficient (Wildman–Crippen LogP) is 0.912. The SMILES string of the molecule is CC(=O)Nc1cc(C#N)ccn1.